The number of hydrogen-bond acceptors (Lipinski definition) is 7. The average molecular weight is 508 g/mol. The molecule has 0 unspecified atom stereocenters. The van der Waals surface area contributed by atoms with Crippen LogP contribution in [0.3, 0.4) is 0 Å². The van der Waals surface area contributed by atoms with Crippen LogP contribution in [0.15, 0.2) is 42.9 Å². The highest BCUT2D eigenvalue weighted by atomic mass is 35.5. The molecule has 36 heavy (non-hydrogen) atoms. The predicted molar refractivity (Wildman–Crippen MR) is 134 cm³/mol. The van der Waals surface area contributed by atoms with Crippen LogP contribution >= 0.6 is 11.6 Å². The normalized spacial score (nSPS) is 14.6. The minimum absolute atomic E-state index is 0.0399. The fourth-order valence-corrected chi connectivity index (χ4v) is 4.52. The molecule has 0 spiro atoms. The number of hydrogen-bond donors (Lipinski definition) is 1. The first-order valence-corrected chi connectivity index (χ1v) is 12.0. The number of benzene rings is 2. The summed E-state index contributed by atoms with van der Waals surface area (Å²) in [7, 11) is 0. The maximum Gasteiger partial charge on any atom is 0.191 e. The van der Waals surface area contributed by atoms with Crippen LogP contribution in [0.1, 0.15) is 5.82 Å². The predicted octanol–water partition coefficient (Wildman–Crippen LogP) is 4.60. The van der Waals surface area contributed by atoms with Gasteiger partial charge >= 0.3 is 0 Å². The second-order valence-electron chi connectivity index (χ2n) is 8.64. The van der Waals surface area contributed by atoms with Crippen molar-refractivity contribution < 1.29 is 13.9 Å². The molecule has 9 nitrogen and oxygen atoms in total. The largest absolute Gasteiger partial charge is 0.453 e. The summed E-state index contributed by atoms with van der Waals surface area (Å²) in [6.07, 6.45) is 5.40. The van der Waals surface area contributed by atoms with Gasteiger partial charge in [-0.3, -0.25) is 14.6 Å². The summed E-state index contributed by atoms with van der Waals surface area (Å²) < 4.78 is 28.1. The lowest BCUT2D eigenvalue weighted by Gasteiger charge is -2.26. The molecule has 1 saturated heterocycles. The molecule has 0 atom stereocenters. The van der Waals surface area contributed by atoms with Gasteiger partial charge in [-0.15, -0.1) is 0 Å². The van der Waals surface area contributed by atoms with Crippen LogP contribution in [0.4, 0.5) is 4.39 Å². The number of rotatable bonds is 6. The van der Waals surface area contributed by atoms with Crippen LogP contribution in [0.25, 0.3) is 33.3 Å². The number of morpholine rings is 1. The Hall–Kier alpha value is -3.60. The quantitative estimate of drug-likeness (QED) is 0.359. The van der Waals surface area contributed by atoms with E-state index in [-0.39, 0.29) is 22.0 Å². The van der Waals surface area contributed by atoms with E-state index in [0.717, 1.165) is 45.0 Å². The second-order valence-corrected chi connectivity index (χ2v) is 9.02. The van der Waals surface area contributed by atoms with Crippen molar-refractivity contribution in [3.63, 3.8) is 0 Å². The number of H-pyrrole nitrogens is 1. The number of nitrogens with one attached hydrogen (secondary N) is 1. The summed E-state index contributed by atoms with van der Waals surface area (Å²) in [5.74, 6) is 0.412. The zero-order chi connectivity index (χ0) is 24.6. The Morgan fingerprint density at radius 2 is 1.86 bits per heavy atom. The maximum atomic E-state index is 15.0. The molecule has 0 radical (unpaired) electrons. The van der Waals surface area contributed by atoms with E-state index in [1.807, 2.05) is 10.9 Å². The minimum atomic E-state index is -0.534. The van der Waals surface area contributed by atoms with Gasteiger partial charge in [-0.1, -0.05) is 11.6 Å². The second kappa shape index (κ2) is 9.45. The van der Waals surface area contributed by atoms with Crippen molar-refractivity contribution >= 4 is 33.7 Å². The molecule has 1 aliphatic rings. The SMILES string of the molecule is Cc1nc2ccc(Oc3ccc4ncc(-c5cnn(CCN6CCOCC6)c5)nc4c3Cl)c(F)c2[nH]1. The molecule has 2 aromatic carbocycles. The van der Waals surface area contributed by atoms with E-state index in [2.05, 4.69) is 25.0 Å². The number of nitrogens with zero attached hydrogens (tertiary/aromatic N) is 6. The number of aromatic amines is 1. The van der Waals surface area contributed by atoms with E-state index in [4.69, 9.17) is 26.1 Å². The van der Waals surface area contributed by atoms with E-state index in [1.165, 1.54) is 6.07 Å². The third-order valence-corrected chi connectivity index (χ3v) is 6.56. The molecule has 5 aromatic rings. The van der Waals surface area contributed by atoms with E-state index in [9.17, 15) is 4.39 Å². The number of ether oxygens (including phenoxy) is 2. The van der Waals surface area contributed by atoms with Crippen molar-refractivity contribution in [2.45, 2.75) is 13.5 Å². The Bertz CT molecular complexity index is 1560. The molecule has 184 valence electrons. The molecule has 4 heterocycles. The zero-order valence-electron chi connectivity index (χ0n) is 19.5. The minimum Gasteiger partial charge on any atom is -0.453 e. The number of aryl methyl sites for hydroxylation is 1. The van der Waals surface area contributed by atoms with Gasteiger partial charge in [-0.25, -0.2) is 14.4 Å². The Balaban J connectivity index is 1.25. The molecule has 11 heteroatoms. The summed E-state index contributed by atoms with van der Waals surface area (Å²) in [6.45, 7) is 6.86. The standard InChI is InChI=1S/C25H23ClFN7O2/c1-15-30-18-3-5-21(23(27)25(18)31-15)36-20-4-2-17-24(22(20)26)32-19(13-28-17)16-12-29-34(14-16)7-6-33-8-10-35-11-9-33/h2-5,12-14H,6-11H2,1H3,(H,30,31). The van der Waals surface area contributed by atoms with Gasteiger partial charge < -0.3 is 14.5 Å². The monoisotopic (exact) mass is 507 g/mol. The Morgan fingerprint density at radius 1 is 1.06 bits per heavy atom. The summed E-state index contributed by atoms with van der Waals surface area (Å²) in [4.78, 5) is 18.7. The number of fused-ring (bicyclic) bond motifs is 2. The van der Waals surface area contributed by atoms with Crippen LogP contribution in [-0.4, -0.2) is 67.5 Å². The van der Waals surface area contributed by atoms with Crippen LogP contribution < -0.4 is 4.74 Å². The van der Waals surface area contributed by atoms with Gasteiger partial charge in [0.1, 0.15) is 27.6 Å². The van der Waals surface area contributed by atoms with Crippen molar-refractivity contribution in [2.24, 2.45) is 0 Å². The summed E-state index contributed by atoms with van der Waals surface area (Å²) in [5.41, 5.74) is 3.36. The lowest BCUT2D eigenvalue weighted by Crippen LogP contribution is -2.38. The molecule has 1 N–H and O–H groups in total. The highest BCUT2D eigenvalue weighted by Crippen LogP contribution is 2.37. The van der Waals surface area contributed by atoms with E-state index >= 15 is 0 Å². The smallest absolute Gasteiger partial charge is 0.191 e. The third kappa shape index (κ3) is 4.39. The Morgan fingerprint density at radius 3 is 2.72 bits per heavy atom. The van der Waals surface area contributed by atoms with Gasteiger partial charge in [0.05, 0.1) is 48.9 Å². The maximum absolute atomic E-state index is 15.0. The van der Waals surface area contributed by atoms with Crippen molar-refractivity contribution in [2.75, 3.05) is 32.8 Å². The van der Waals surface area contributed by atoms with Gasteiger partial charge in [0.25, 0.3) is 0 Å². The first kappa shape index (κ1) is 22.8. The molecule has 0 bridgehead atoms. The highest BCUT2D eigenvalue weighted by Gasteiger charge is 2.17. The fourth-order valence-electron chi connectivity index (χ4n) is 4.28. The molecule has 6 rings (SSSR count). The number of halogens is 2. The van der Waals surface area contributed by atoms with Crippen molar-refractivity contribution in [3.05, 3.63) is 59.5 Å². The van der Waals surface area contributed by atoms with E-state index in [1.54, 1.807) is 37.5 Å². The average Bonchev–Trinajstić information content (AvgIpc) is 3.53. The van der Waals surface area contributed by atoms with Crippen LogP contribution in [0.5, 0.6) is 11.5 Å². The van der Waals surface area contributed by atoms with Gasteiger partial charge in [0, 0.05) is 31.4 Å². The molecule has 1 fully saturated rings. The van der Waals surface area contributed by atoms with Gasteiger partial charge in [0.15, 0.2) is 11.6 Å². The third-order valence-electron chi connectivity index (χ3n) is 6.19. The fraction of sp³-hybridized carbons (Fsp3) is 0.280. The molecular formula is C25H23ClFN7O2. The molecule has 0 aliphatic carbocycles. The molecule has 3 aromatic heterocycles. The number of aromatic nitrogens is 6. The summed E-state index contributed by atoms with van der Waals surface area (Å²) in [6, 6.07) is 6.63. The molecule has 0 saturated carbocycles. The summed E-state index contributed by atoms with van der Waals surface area (Å²) >= 11 is 6.66. The molecule has 0 amide bonds. The number of imidazole rings is 1. The summed E-state index contributed by atoms with van der Waals surface area (Å²) in [5, 5.41) is 4.72. The van der Waals surface area contributed by atoms with E-state index < -0.39 is 5.82 Å². The van der Waals surface area contributed by atoms with Gasteiger partial charge in [0.2, 0.25) is 0 Å². The Labute approximate surface area is 210 Å². The highest BCUT2D eigenvalue weighted by molar-refractivity contribution is 6.36. The van der Waals surface area contributed by atoms with Crippen LogP contribution in [0.2, 0.25) is 5.02 Å². The Kier molecular flexibility index (Phi) is 6.00. The van der Waals surface area contributed by atoms with E-state index in [0.29, 0.717) is 28.1 Å². The van der Waals surface area contributed by atoms with Gasteiger partial charge in [-0.05, 0) is 31.2 Å². The van der Waals surface area contributed by atoms with Crippen molar-refractivity contribution in [3.8, 4) is 22.8 Å². The topological polar surface area (TPSA) is 94.0 Å². The molecular weight excluding hydrogens is 485 g/mol. The zero-order valence-corrected chi connectivity index (χ0v) is 20.3. The first-order chi connectivity index (χ1) is 17.5. The van der Waals surface area contributed by atoms with Crippen LogP contribution in [-0.2, 0) is 11.3 Å². The lowest BCUT2D eigenvalue weighted by atomic mass is 10.2. The van der Waals surface area contributed by atoms with Crippen molar-refractivity contribution in [1.29, 1.82) is 0 Å². The first-order valence-electron chi connectivity index (χ1n) is 11.7. The van der Waals surface area contributed by atoms with Gasteiger partial charge in [-0.2, -0.15) is 5.10 Å². The lowest BCUT2D eigenvalue weighted by molar-refractivity contribution is 0.0360. The van der Waals surface area contributed by atoms with Crippen molar-refractivity contribution in [1.82, 2.24) is 34.6 Å². The van der Waals surface area contributed by atoms with Crippen LogP contribution in [0, 0.1) is 12.7 Å². The molecule has 1 aliphatic heterocycles.